The first-order valence-electron chi connectivity index (χ1n) is 8.96. The van der Waals surface area contributed by atoms with Gasteiger partial charge in [0.05, 0.1) is 32.4 Å². The van der Waals surface area contributed by atoms with Crippen LogP contribution in [0.15, 0.2) is 48.7 Å². The second-order valence-corrected chi connectivity index (χ2v) is 6.54. The van der Waals surface area contributed by atoms with Gasteiger partial charge in [-0.2, -0.15) is 0 Å². The van der Waals surface area contributed by atoms with Gasteiger partial charge in [-0.05, 0) is 29.8 Å². The fraction of sp³-hybridized carbons (Fsp3) is 0.182. The molecule has 0 aliphatic heterocycles. The van der Waals surface area contributed by atoms with Crippen LogP contribution in [0.3, 0.4) is 0 Å². The first-order chi connectivity index (χ1) is 14.1. The summed E-state index contributed by atoms with van der Waals surface area (Å²) >= 11 is 0. The number of carboxylic acid groups (broad SMARTS) is 1. The van der Waals surface area contributed by atoms with Crippen LogP contribution in [-0.4, -0.2) is 42.0 Å². The molecule has 2 aromatic carbocycles. The summed E-state index contributed by atoms with van der Waals surface area (Å²) in [6, 6.07) is 13.3. The minimum absolute atomic E-state index is 0.160. The van der Waals surface area contributed by atoms with E-state index < -0.39 is 5.97 Å². The molecule has 0 aliphatic rings. The first kappa shape index (κ1) is 18.6. The highest BCUT2D eigenvalue weighted by Crippen LogP contribution is 2.39. The van der Waals surface area contributed by atoms with E-state index in [1.54, 1.807) is 27.4 Å². The molecule has 0 saturated heterocycles. The number of pyridine rings is 1. The number of para-hydroxylation sites is 1. The molecule has 0 saturated carbocycles. The van der Waals surface area contributed by atoms with Gasteiger partial charge < -0.3 is 23.9 Å². The van der Waals surface area contributed by atoms with Crippen molar-refractivity contribution in [2.75, 3.05) is 21.3 Å². The standard InChI is InChI=1S/C22H20N2O5/c1-27-18-8-13(9-19(28-2)20(18)29-3)12-24-17-7-5-4-6-15(17)16-10-14(22(25)26)11-23-21(16)24/h4-11H,12H2,1-3H3,(H,25,26). The molecule has 29 heavy (non-hydrogen) atoms. The van der Waals surface area contributed by atoms with Crippen LogP contribution in [0, 0.1) is 0 Å². The molecular weight excluding hydrogens is 372 g/mol. The molecule has 0 radical (unpaired) electrons. The van der Waals surface area contributed by atoms with Gasteiger partial charge in [-0.15, -0.1) is 0 Å². The van der Waals surface area contributed by atoms with E-state index in [4.69, 9.17) is 14.2 Å². The number of nitrogens with zero attached hydrogens (tertiary/aromatic N) is 2. The van der Waals surface area contributed by atoms with Gasteiger partial charge in [-0.25, -0.2) is 9.78 Å². The third kappa shape index (κ3) is 3.10. The van der Waals surface area contributed by atoms with Crippen LogP contribution >= 0.6 is 0 Å². The molecule has 0 fully saturated rings. The zero-order chi connectivity index (χ0) is 20.5. The van der Waals surface area contributed by atoms with Crippen molar-refractivity contribution in [3.05, 3.63) is 59.8 Å². The molecule has 2 aromatic heterocycles. The Labute approximate surface area is 167 Å². The van der Waals surface area contributed by atoms with Crippen LogP contribution in [0.2, 0.25) is 0 Å². The van der Waals surface area contributed by atoms with Gasteiger partial charge in [0.1, 0.15) is 5.65 Å². The van der Waals surface area contributed by atoms with E-state index in [1.807, 2.05) is 36.4 Å². The largest absolute Gasteiger partial charge is 0.493 e. The number of carboxylic acids is 1. The van der Waals surface area contributed by atoms with Crippen LogP contribution in [0.5, 0.6) is 17.2 Å². The molecule has 0 unspecified atom stereocenters. The molecule has 4 aromatic rings. The van der Waals surface area contributed by atoms with Crippen molar-refractivity contribution in [2.24, 2.45) is 0 Å². The number of hydrogen-bond acceptors (Lipinski definition) is 5. The third-order valence-electron chi connectivity index (χ3n) is 4.92. The summed E-state index contributed by atoms with van der Waals surface area (Å²) < 4.78 is 18.4. The third-order valence-corrected chi connectivity index (χ3v) is 4.92. The molecule has 2 heterocycles. The molecule has 0 spiro atoms. The van der Waals surface area contributed by atoms with Crippen molar-refractivity contribution in [1.82, 2.24) is 9.55 Å². The van der Waals surface area contributed by atoms with E-state index in [0.29, 0.717) is 29.4 Å². The Morgan fingerprint density at radius 1 is 1.00 bits per heavy atom. The average Bonchev–Trinajstić information content (AvgIpc) is 3.06. The fourth-order valence-electron chi connectivity index (χ4n) is 3.61. The Balaban J connectivity index is 1.91. The van der Waals surface area contributed by atoms with E-state index in [-0.39, 0.29) is 5.56 Å². The molecule has 0 bridgehead atoms. The number of aromatic nitrogens is 2. The first-order valence-corrected chi connectivity index (χ1v) is 8.96. The monoisotopic (exact) mass is 392 g/mol. The highest BCUT2D eigenvalue weighted by Gasteiger charge is 2.17. The lowest BCUT2D eigenvalue weighted by Gasteiger charge is -2.15. The summed E-state index contributed by atoms with van der Waals surface area (Å²) in [6.07, 6.45) is 1.38. The maximum atomic E-state index is 11.4. The van der Waals surface area contributed by atoms with Crippen LogP contribution in [0.4, 0.5) is 0 Å². The van der Waals surface area contributed by atoms with Gasteiger partial charge in [-0.1, -0.05) is 18.2 Å². The number of methoxy groups -OCH3 is 3. The summed E-state index contributed by atoms with van der Waals surface area (Å²) in [5.41, 5.74) is 2.77. The van der Waals surface area contributed by atoms with Gasteiger partial charge >= 0.3 is 5.97 Å². The number of fused-ring (bicyclic) bond motifs is 3. The van der Waals surface area contributed by atoms with Crippen molar-refractivity contribution in [3.8, 4) is 17.2 Å². The smallest absolute Gasteiger partial charge is 0.337 e. The maximum Gasteiger partial charge on any atom is 0.337 e. The van der Waals surface area contributed by atoms with Crippen molar-refractivity contribution < 1.29 is 24.1 Å². The predicted molar refractivity (Wildman–Crippen MR) is 109 cm³/mol. The van der Waals surface area contributed by atoms with Crippen LogP contribution in [0.25, 0.3) is 21.9 Å². The molecule has 1 N–H and O–H groups in total. The zero-order valence-electron chi connectivity index (χ0n) is 16.3. The van der Waals surface area contributed by atoms with Crippen LogP contribution in [-0.2, 0) is 6.54 Å². The molecule has 0 atom stereocenters. The highest BCUT2D eigenvalue weighted by molar-refractivity contribution is 6.08. The Morgan fingerprint density at radius 3 is 2.31 bits per heavy atom. The summed E-state index contributed by atoms with van der Waals surface area (Å²) in [7, 11) is 4.73. The quantitative estimate of drug-likeness (QED) is 0.535. The van der Waals surface area contributed by atoms with E-state index in [9.17, 15) is 9.90 Å². The summed E-state index contributed by atoms with van der Waals surface area (Å²) in [5, 5.41) is 11.1. The molecular formula is C22H20N2O5. The Bertz CT molecular complexity index is 1200. The fourth-order valence-corrected chi connectivity index (χ4v) is 3.61. The molecule has 7 nitrogen and oxygen atoms in total. The zero-order valence-corrected chi connectivity index (χ0v) is 16.3. The number of carbonyl (C=O) groups is 1. The van der Waals surface area contributed by atoms with Gasteiger partial charge in [-0.3, -0.25) is 0 Å². The van der Waals surface area contributed by atoms with Crippen molar-refractivity contribution in [2.45, 2.75) is 6.54 Å². The van der Waals surface area contributed by atoms with Crippen molar-refractivity contribution in [1.29, 1.82) is 0 Å². The lowest BCUT2D eigenvalue weighted by Crippen LogP contribution is -2.04. The highest BCUT2D eigenvalue weighted by atomic mass is 16.5. The lowest BCUT2D eigenvalue weighted by atomic mass is 10.1. The Kier molecular flexibility index (Phi) is 4.72. The van der Waals surface area contributed by atoms with E-state index >= 15 is 0 Å². The number of rotatable bonds is 6. The molecule has 4 rings (SSSR count). The number of aromatic carboxylic acids is 1. The van der Waals surface area contributed by atoms with E-state index in [0.717, 1.165) is 21.9 Å². The molecule has 0 amide bonds. The average molecular weight is 392 g/mol. The lowest BCUT2D eigenvalue weighted by molar-refractivity contribution is 0.0696. The summed E-state index contributed by atoms with van der Waals surface area (Å²) in [4.78, 5) is 15.8. The van der Waals surface area contributed by atoms with E-state index in [2.05, 4.69) is 9.55 Å². The van der Waals surface area contributed by atoms with Crippen LogP contribution < -0.4 is 14.2 Å². The summed E-state index contributed by atoms with van der Waals surface area (Å²) in [6.45, 7) is 0.500. The minimum Gasteiger partial charge on any atom is -0.493 e. The maximum absolute atomic E-state index is 11.4. The topological polar surface area (TPSA) is 82.8 Å². The van der Waals surface area contributed by atoms with Gasteiger partial charge in [0, 0.05) is 23.5 Å². The normalized spacial score (nSPS) is 11.0. The van der Waals surface area contributed by atoms with E-state index in [1.165, 1.54) is 6.20 Å². The van der Waals surface area contributed by atoms with Crippen molar-refractivity contribution in [3.63, 3.8) is 0 Å². The van der Waals surface area contributed by atoms with Gasteiger partial charge in [0.2, 0.25) is 5.75 Å². The van der Waals surface area contributed by atoms with Crippen molar-refractivity contribution >= 4 is 27.9 Å². The van der Waals surface area contributed by atoms with Gasteiger partial charge in [0.15, 0.2) is 11.5 Å². The Morgan fingerprint density at radius 2 is 1.69 bits per heavy atom. The summed E-state index contributed by atoms with van der Waals surface area (Å²) in [5.74, 6) is 0.679. The number of ether oxygens (including phenoxy) is 3. The van der Waals surface area contributed by atoms with Crippen LogP contribution in [0.1, 0.15) is 15.9 Å². The number of hydrogen-bond donors (Lipinski definition) is 1. The second kappa shape index (κ2) is 7.35. The molecule has 7 heteroatoms. The SMILES string of the molecule is COc1cc(Cn2c3ccccc3c3cc(C(=O)O)cnc32)cc(OC)c1OC. The predicted octanol–water partition coefficient (Wildman–Crippen LogP) is 3.96. The number of benzene rings is 2. The minimum atomic E-state index is -0.999. The second-order valence-electron chi connectivity index (χ2n) is 6.54. The molecule has 0 aliphatic carbocycles. The Hall–Kier alpha value is -3.74. The van der Waals surface area contributed by atoms with Gasteiger partial charge in [0.25, 0.3) is 0 Å². The molecule has 148 valence electrons.